The Kier molecular flexibility index (Phi) is 4.45. The lowest BCUT2D eigenvalue weighted by atomic mass is 9.98. The van der Waals surface area contributed by atoms with Crippen LogP contribution >= 0.6 is 0 Å². The standard InChI is InChI=1S/C21H25N3O/c1-16(17-7-3-2-4-8-17)15-23-13-11-18(12-14-23)24-20-10-6-5-9-19(20)22-21(24)25/h2-10,16,18H,11-15H2,1H3,(H,22,25). The van der Waals surface area contributed by atoms with E-state index < -0.39 is 0 Å². The first-order chi connectivity index (χ1) is 12.2. The summed E-state index contributed by atoms with van der Waals surface area (Å²) in [6, 6.07) is 19.0. The Morgan fingerprint density at radius 2 is 1.72 bits per heavy atom. The number of rotatable bonds is 4. The van der Waals surface area contributed by atoms with Gasteiger partial charge in [0, 0.05) is 25.7 Å². The third-order valence-electron chi connectivity index (χ3n) is 5.45. The number of nitrogens with one attached hydrogen (secondary N) is 1. The molecular weight excluding hydrogens is 310 g/mol. The highest BCUT2D eigenvalue weighted by Crippen LogP contribution is 2.26. The molecule has 0 saturated carbocycles. The molecule has 4 heteroatoms. The number of likely N-dealkylation sites (tertiary alicyclic amines) is 1. The highest BCUT2D eigenvalue weighted by atomic mass is 16.1. The highest BCUT2D eigenvalue weighted by Gasteiger charge is 2.24. The number of aromatic nitrogens is 2. The molecule has 0 amide bonds. The van der Waals surface area contributed by atoms with Gasteiger partial charge in [0.25, 0.3) is 0 Å². The van der Waals surface area contributed by atoms with Gasteiger partial charge in [0.05, 0.1) is 11.0 Å². The van der Waals surface area contributed by atoms with E-state index in [1.165, 1.54) is 5.56 Å². The van der Waals surface area contributed by atoms with E-state index in [2.05, 4.69) is 47.1 Å². The predicted molar refractivity (Wildman–Crippen MR) is 102 cm³/mol. The van der Waals surface area contributed by atoms with Gasteiger partial charge in [-0.2, -0.15) is 0 Å². The molecule has 25 heavy (non-hydrogen) atoms. The van der Waals surface area contributed by atoms with Gasteiger partial charge < -0.3 is 9.88 Å². The lowest BCUT2D eigenvalue weighted by Crippen LogP contribution is -2.38. The van der Waals surface area contributed by atoms with Crippen molar-refractivity contribution in [3.63, 3.8) is 0 Å². The molecule has 4 rings (SSSR count). The summed E-state index contributed by atoms with van der Waals surface area (Å²) in [7, 11) is 0. The van der Waals surface area contributed by atoms with Gasteiger partial charge in [0.2, 0.25) is 0 Å². The third kappa shape index (κ3) is 3.27. The number of hydrogen-bond acceptors (Lipinski definition) is 2. The summed E-state index contributed by atoms with van der Waals surface area (Å²) in [6.07, 6.45) is 2.06. The molecule has 0 spiro atoms. The number of aromatic amines is 1. The molecule has 1 saturated heterocycles. The van der Waals surface area contributed by atoms with E-state index in [4.69, 9.17) is 0 Å². The molecule has 1 fully saturated rings. The first-order valence-corrected chi connectivity index (χ1v) is 9.19. The zero-order valence-electron chi connectivity index (χ0n) is 14.7. The normalized spacial score (nSPS) is 17.8. The zero-order valence-corrected chi connectivity index (χ0v) is 14.7. The molecule has 2 heterocycles. The van der Waals surface area contributed by atoms with Crippen molar-refractivity contribution < 1.29 is 0 Å². The molecule has 1 aliphatic heterocycles. The topological polar surface area (TPSA) is 41.0 Å². The Labute approximate surface area is 148 Å². The Balaban J connectivity index is 1.43. The van der Waals surface area contributed by atoms with E-state index in [0.717, 1.165) is 43.5 Å². The summed E-state index contributed by atoms with van der Waals surface area (Å²) >= 11 is 0. The SMILES string of the molecule is CC(CN1CCC(n2c(=O)[nH]c3ccccc32)CC1)c1ccccc1. The fraction of sp³-hybridized carbons (Fsp3) is 0.381. The quantitative estimate of drug-likeness (QED) is 0.788. The number of imidazole rings is 1. The average Bonchev–Trinajstić information content (AvgIpc) is 2.99. The molecule has 1 N–H and O–H groups in total. The van der Waals surface area contributed by atoms with Gasteiger partial charge in [-0.3, -0.25) is 4.57 Å². The van der Waals surface area contributed by atoms with Crippen LogP contribution in [0.4, 0.5) is 0 Å². The van der Waals surface area contributed by atoms with Crippen LogP contribution in [0.1, 0.15) is 37.3 Å². The summed E-state index contributed by atoms with van der Waals surface area (Å²) in [4.78, 5) is 17.9. The second-order valence-electron chi connectivity index (χ2n) is 7.16. The van der Waals surface area contributed by atoms with Crippen LogP contribution in [0.5, 0.6) is 0 Å². The number of hydrogen-bond donors (Lipinski definition) is 1. The Morgan fingerprint density at radius 1 is 1.04 bits per heavy atom. The number of nitrogens with zero attached hydrogens (tertiary/aromatic N) is 2. The van der Waals surface area contributed by atoms with Gasteiger partial charge in [-0.1, -0.05) is 49.4 Å². The largest absolute Gasteiger partial charge is 0.326 e. The van der Waals surface area contributed by atoms with Gasteiger partial charge in [-0.15, -0.1) is 0 Å². The molecule has 1 atom stereocenters. The predicted octanol–water partition coefficient (Wildman–Crippen LogP) is 3.77. The molecule has 0 aliphatic carbocycles. The Bertz CT molecular complexity index is 888. The fourth-order valence-electron chi connectivity index (χ4n) is 4.07. The van der Waals surface area contributed by atoms with E-state index in [1.54, 1.807) is 0 Å². The number of fused-ring (bicyclic) bond motifs is 1. The first-order valence-electron chi connectivity index (χ1n) is 9.19. The molecule has 1 aliphatic rings. The summed E-state index contributed by atoms with van der Waals surface area (Å²) < 4.78 is 1.97. The summed E-state index contributed by atoms with van der Waals surface area (Å²) in [5.74, 6) is 0.536. The number of para-hydroxylation sites is 2. The molecular formula is C21H25N3O. The van der Waals surface area contributed by atoms with Crippen molar-refractivity contribution >= 4 is 11.0 Å². The second-order valence-corrected chi connectivity index (χ2v) is 7.16. The van der Waals surface area contributed by atoms with Crippen LogP contribution in [0.15, 0.2) is 59.4 Å². The molecule has 0 radical (unpaired) electrons. The lowest BCUT2D eigenvalue weighted by Gasteiger charge is -2.34. The van der Waals surface area contributed by atoms with Crippen LogP contribution in [0.25, 0.3) is 11.0 Å². The van der Waals surface area contributed by atoms with E-state index in [-0.39, 0.29) is 5.69 Å². The maximum Gasteiger partial charge on any atom is 0.326 e. The van der Waals surface area contributed by atoms with Crippen molar-refractivity contribution in [1.29, 1.82) is 0 Å². The van der Waals surface area contributed by atoms with Gasteiger partial charge in [0.15, 0.2) is 0 Å². The van der Waals surface area contributed by atoms with Crippen molar-refractivity contribution in [2.24, 2.45) is 0 Å². The van der Waals surface area contributed by atoms with Crippen molar-refractivity contribution in [3.8, 4) is 0 Å². The number of benzene rings is 2. The molecule has 2 aromatic carbocycles. The monoisotopic (exact) mass is 335 g/mol. The van der Waals surface area contributed by atoms with Crippen LogP contribution in [-0.2, 0) is 0 Å². The van der Waals surface area contributed by atoms with Gasteiger partial charge in [-0.25, -0.2) is 4.79 Å². The molecule has 0 bridgehead atoms. The maximum atomic E-state index is 12.4. The van der Waals surface area contributed by atoms with E-state index in [0.29, 0.717) is 12.0 Å². The molecule has 1 unspecified atom stereocenters. The van der Waals surface area contributed by atoms with Crippen LogP contribution in [0, 0.1) is 0 Å². The Hall–Kier alpha value is -2.33. The number of H-pyrrole nitrogens is 1. The summed E-state index contributed by atoms with van der Waals surface area (Å²) in [5.41, 5.74) is 3.39. The van der Waals surface area contributed by atoms with Crippen LogP contribution in [-0.4, -0.2) is 34.1 Å². The minimum atomic E-state index is 0.0253. The number of piperidine rings is 1. The molecule has 1 aromatic heterocycles. The van der Waals surface area contributed by atoms with Gasteiger partial charge in [-0.05, 0) is 36.5 Å². The summed E-state index contributed by atoms with van der Waals surface area (Å²) in [5, 5.41) is 0. The highest BCUT2D eigenvalue weighted by molar-refractivity contribution is 5.75. The van der Waals surface area contributed by atoms with E-state index in [9.17, 15) is 4.79 Å². The lowest BCUT2D eigenvalue weighted by molar-refractivity contribution is 0.179. The van der Waals surface area contributed by atoms with Gasteiger partial charge >= 0.3 is 5.69 Å². The maximum absolute atomic E-state index is 12.4. The van der Waals surface area contributed by atoms with Crippen molar-refractivity contribution in [1.82, 2.24) is 14.5 Å². The van der Waals surface area contributed by atoms with Crippen molar-refractivity contribution in [3.05, 3.63) is 70.6 Å². The minimum Gasteiger partial charge on any atom is -0.306 e. The third-order valence-corrected chi connectivity index (χ3v) is 5.45. The molecule has 130 valence electrons. The van der Waals surface area contributed by atoms with Gasteiger partial charge in [0.1, 0.15) is 0 Å². The van der Waals surface area contributed by atoms with Crippen molar-refractivity contribution in [2.75, 3.05) is 19.6 Å². The van der Waals surface area contributed by atoms with E-state index in [1.807, 2.05) is 28.8 Å². The molecule has 3 aromatic rings. The van der Waals surface area contributed by atoms with Crippen LogP contribution in [0.3, 0.4) is 0 Å². The average molecular weight is 335 g/mol. The first kappa shape index (κ1) is 16.2. The van der Waals surface area contributed by atoms with Crippen molar-refractivity contribution in [2.45, 2.75) is 31.7 Å². The van der Waals surface area contributed by atoms with E-state index >= 15 is 0 Å². The second kappa shape index (κ2) is 6.89. The smallest absolute Gasteiger partial charge is 0.306 e. The van der Waals surface area contributed by atoms with Crippen LogP contribution in [0.2, 0.25) is 0 Å². The fourth-order valence-corrected chi connectivity index (χ4v) is 4.07. The minimum absolute atomic E-state index is 0.0253. The zero-order chi connectivity index (χ0) is 17.2. The Morgan fingerprint density at radius 3 is 2.48 bits per heavy atom. The summed E-state index contributed by atoms with van der Waals surface area (Å²) in [6.45, 7) is 5.48. The molecule has 4 nitrogen and oxygen atoms in total. The van der Waals surface area contributed by atoms with Crippen LogP contribution < -0.4 is 5.69 Å².